The number of amides is 4. The molecule has 7 nitrogen and oxygen atoms in total. The quantitative estimate of drug-likeness (QED) is 0.682. The number of carbonyl (C=O) groups is 4. The lowest BCUT2D eigenvalue weighted by atomic mass is 10.0. The average molecular weight is 340 g/mol. The Morgan fingerprint density at radius 3 is 2.36 bits per heavy atom. The highest BCUT2D eigenvalue weighted by Gasteiger charge is 2.54. The molecule has 7 heteroatoms. The highest BCUT2D eigenvalue weighted by molar-refractivity contribution is 6.24. The van der Waals surface area contributed by atoms with Gasteiger partial charge in [-0.05, 0) is 30.7 Å². The molecule has 0 aliphatic carbocycles. The number of carboxylic acid groups (broad SMARTS) is 1. The lowest BCUT2D eigenvalue weighted by Crippen LogP contribution is -2.46. The van der Waals surface area contributed by atoms with Crippen LogP contribution in [0.3, 0.4) is 0 Å². The molecule has 0 aromatic heterocycles. The summed E-state index contributed by atoms with van der Waals surface area (Å²) < 4.78 is 0. The van der Waals surface area contributed by atoms with Crippen LogP contribution in [0.15, 0.2) is 42.5 Å². The smallest absolute Gasteiger partial charge is 0.335 e. The zero-order chi connectivity index (χ0) is 18.4. The van der Waals surface area contributed by atoms with E-state index in [0.29, 0.717) is 10.3 Å². The van der Waals surface area contributed by atoms with E-state index in [-0.39, 0.29) is 5.56 Å². The lowest BCUT2D eigenvalue weighted by Gasteiger charge is -2.25. The monoisotopic (exact) mass is 340 g/mol. The number of fused-ring (bicyclic) bond motifs is 1. The average Bonchev–Trinajstić information content (AvgIpc) is 2.73. The fraction of sp³-hybridized carbons (Fsp3) is 0.222. The summed E-state index contributed by atoms with van der Waals surface area (Å²) in [6.45, 7) is 2.19. The van der Waals surface area contributed by atoms with E-state index >= 15 is 0 Å². The Hall–Kier alpha value is -3.22. The van der Waals surface area contributed by atoms with Gasteiger partial charge in [0, 0.05) is 5.56 Å². The Morgan fingerprint density at radius 1 is 1.04 bits per heavy atom. The topological polar surface area (TPSA) is 95.0 Å². The summed E-state index contributed by atoms with van der Waals surface area (Å²) in [5.41, 5.74) is -1.19. The first-order chi connectivity index (χ1) is 11.7. The molecule has 1 aliphatic rings. The van der Waals surface area contributed by atoms with Gasteiger partial charge >= 0.3 is 12.0 Å². The number of rotatable bonds is 3. The maximum absolute atomic E-state index is 12.9. The van der Waals surface area contributed by atoms with Crippen LogP contribution >= 0.6 is 0 Å². The number of urea groups is 1. The molecule has 3 rings (SSSR count). The van der Waals surface area contributed by atoms with Crippen molar-refractivity contribution < 1.29 is 24.3 Å². The van der Waals surface area contributed by atoms with Crippen LogP contribution in [0.1, 0.15) is 24.2 Å². The van der Waals surface area contributed by atoms with E-state index in [1.807, 2.05) is 18.2 Å². The Kier molecular flexibility index (Phi) is 3.79. The first-order valence-electron chi connectivity index (χ1n) is 7.65. The van der Waals surface area contributed by atoms with E-state index in [9.17, 15) is 19.2 Å². The van der Waals surface area contributed by atoms with Gasteiger partial charge in [-0.1, -0.05) is 36.4 Å². The van der Waals surface area contributed by atoms with E-state index in [1.54, 1.807) is 18.2 Å². The number of benzene rings is 2. The van der Waals surface area contributed by atoms with Gasteiger partial charge < -0.3 is 5.11 Å². The highest BCUT2D eigenvalue weighted by atomic mass is 16.4. The Bertz CT molecular complexity index is 913. The minimum absolute atomic E-state index is 0.216. The summed E-state index contributed by atoms with van der Waals surface area (Å²) in [6.07, 6.45) is 0. The van der Waals surface area contributed by atoms with Crippen LogP contribution in [0.25, 0.3) is 10.8 Å². The van der Waals surface area contributed by atoms with Gasteiger partial charge in [0.1, 0.15) is 12.1 Å². The predicted molar refractivity (Wildman–Crippen MR) is 88.9 cm³/mol. The molecule has 0 saturated carbocycles. The van der Waals surface area contributed by atoms with E-state index in [0.717, 1.165) is 10.3 Å². The van der Waals surface area contributed by atoms with Crippen molar-refractivity contribution in [1.29, 1.82) is 0 Å². The molecule has 0 unspecified atom stereocenters. The molecule has 0 bridgehead atoms. The van der Waals surface area contributed by atoms with E-state index in [2.05, 4.69) is 0 Å². The van der Waals surface area contributed by atoms with Crippen molar-refractivity contribution in [2.75, 3.05) is 6.54 Å². The summed E-state index contributed by atoms with van der Waals surface area (Å²) >= 11 is 0. The maximum atomic E-state index is 12.9. The van der Waals surface area contributed by atoms with E-state index in [4.69, 9.17) is 5.11 Å². The molecule has 1 aliphatic heterocycles. The van der Waals surface area contributed by atoms with Crippen LogP contribution in [0.5, 0.6) is 0 Å². The first-order valence-corrected chi connectivity index (χ1v) is 7.65. The zero-order valence-corrected chi connectivity index (χ0v) is 13.7. The van der Waals surface area contributed by atoms with Crippen LogP contribution in [0, 0.1) is 0 Å². The Morgan fingerprint density at radius 2 is 1.68 bits per heavy atom. The minimum Gasteiger partial charge on any atom is -0.480 e. The number of imide groups is 3. The van der Waals surface area contributed by atoms with Gasteiger partial charge in [0.2, 0.25) is 0 Å². The second-order valence-corrected chi connectivity index (χ2v) is 6.29. The molecular weight excluding hydrogens is 324 g/mol. The van der Waals surface area contributed by atoms with Gasteiger partial charge in [-0.3, -0.25) is 19.3 Å². The second-order valence-electron chi connectivity index (χ2n) is 6.29. The maximum Gasteiger partial charge on any atom is 0.335 e. The molecule has 4 amide bonds. The molecule has 1 fully saturated rings. The van der Waals surface area contributed by atoms with Crippen molar-refractivity contribution in [3.63, 3.8) is 0 Å². The molecule has 2 aromatic carbocycles. The highest BCUT2D eigenvalue weighted by Crippen LogP contribution is 2.30. The van der Waals surface area contributed by atoms with Gasteiger partial charge in [0.05, 0.1) is 0 Å². The molecule has 0 spiro atoms. The van der Waals surface area contributed by atoms with Crippen molar-refractivity contribution >= 4 is 34.6 Å². The van der Waals surface area contributed by atoms with Crippen molar-refractivity contribution in [3.05, 3.63) is 48.0 Å². The third-order valence-corrected chi connectivity index (χ3v) is 4.34. The first kappa shape index (κ1) is 16.6. The minimum atomic E-state index is -1.41. The van der Waals surface area contributed by atoms with E-state index in [1.165, 1.54) is 19.9 Å². The van der Waals surface area contributed by atoms with E-state index < -0.39 is 35.9 Å². The second kappa shape index (κ2) is 5.70. The molecular formula is C18H16N2O5. The van der Waals surface area contributed by atoms with Crippen LogP contribution in [-0.2, 0) is 9.59 Å². The third-order valence-electron chi connectivity index (χ3n) is 4.34. The molecule has 0 atom stereocenters. The molecule has 128 valence electrons. The van der Waals surface area contributed by atoms with Crippen LogP contribution in [0.2, 0.25) is 0 Å². The predicted octanol–water partition coefficient (Wildman–Crippen LogP) is 2.11. The molecule has 1 saturated heterocycles. The molecule has 1 heterocycles. The molecule has 2 aromatic rings. The number of carboxylic acids is 1. The number of hydrogen-bond acceptors (Lipinski definition) is 4. The number of aliphatic carboxylic acids is 1. The van der Waals surface area contributed by atoms with Gasteiger partial charge in [-0.15, -0.1) is 0 Å². The molecule has 25 heavy (non-hydrogen) atoms. The van der Waals surface area contributed by atoms with Gasteiger partial charge in [0.25, 0.3) is 11.8 Å². The van der Waals surface area contributed by atoms with Crippen LogP contribution < -0.4 is 0 Å². The van der Waals surface area contributed by atoms with Crippen molar-refractivity contribution in [2.45, 2.75) is 19.4 Å². The van der Waals surface area contributed by atoms with Gasteiger partial charge in [-0.25, -0.2) is 4.79 Å². The Balaban J connectivity index is 2.06. The zero-order valence-electron chi connectivity index (χ0n) is 13.7. The number of hydrogen-bond donors (Lipinski definition) is 1. The lowest BCUT2D eigenvalue weighted by molar-refractivity contribution is -0.139. The fourth-order valence-corrected chi connectivity index (χ4v) is 2.95. The standard InChI is InChI=1S/C18H16N2O5/c1-18(2)16(24)20(17(25)19(18)10-14(21)22)15(23)13-9-5-7-11-6-3-4-8-12(11)13/h3-9H,10H2,1-2H3,(H,21,22). The molecule has 1 N–H and O–H groups in total. The fourth-order valence-electron chi connectivity index (χ4n) is 2.95. The summed E-state index contributed by atoms with van der Waals surface area (Å²) in [5, 5.41) is 10.4. The largest absolute Gasteiger partial charge is 0.480 e. The summed E-state index contributed by atoms with van der Waals surface area (Å²) in [6, 6.07) is 11.2. The summed E-state index contributed by atoms with van der Waals surface area (Å²) in [5.74, 6) is -2.75. The molecule has 0 radical (unpaired) electrons. The van der Waals surface area contributed by atoms with Crippen molar-refractivity contribution in [2.24, 2.45) is 0 Å². The Labute approximate surface area is 143 Å². The summed E-state index contributed by atoms with van der Waals surface area (Å²) in [7, 11) is 0. The van der Waals surface area contributed by atoms with Crippen LogP contribution in [0.4, 0.5) is 4.79 Å². The SMILES string of the molecule is CC1(C)C(=O)N(C(=O)c2cccc3ccccc23)C(=O)N1CC(=O)O. The van der Waals surface area contributed by atoms with Crippen LogP contribution in [-0.4, -0.2) is 50.8 Å². The third kappa shape index (κ3) is 2.53. The number of carbonyl (C=O) groups excluding carboxylic acids is 3. The van der Waals surface area contributed by atoms with Crippen molar-refractivity contribution in [3.8, 4) is 0 Å². The number of nitrogens with zero attached hydrogens (tertiary/aromatic N) is 2. The van der Waals surface area contributed by atoms with Crippen molar-refractivity contribution in [1.82, 2.24) is 9.80 Å². The normalized spacial score (nSPS) is 16.6. The van der Waals surface area contributed by atoms with Gasteiger partial charge in [-0.2, -0.15) is 4.90 Å². The summed E-state index contributed by atoms with van der Waals surface area (Å²) in [4.78, 5) is 50.5. The van der Waals surface area contributed by atoms with Gasteiger partial charge in [0.15, 0.2) is 0 Å².